The second kappa shape index (κ2) is 3.68. The van der Waals surface area contributed by atoms with E-state index in [0.717, 1.165) is 22.6 Å². The van der Waals surface area contributed by atoms with Crippen molar-refractivity contribution in [3.63, 3.8) is 0 Å². The van der Waals surface area contributed by atoms with Crippen molar-refractivity contribution < 1.29 is 4.42 Å². The summed E-state index contributed by atoms with van der Waals surface area (Å²) >= 11 is 0. The van der Waals surface area contributed by atoms with Crippen molar-refractivity contribution in [3.8, 4) is 11.3 Å². The van der Waals surface area contributed by atoms with Gasteiger partial charge in [-0.15, -0.1) is 0 Å². The van der Waals surface area contributed by atoms with Crippen molar-refractivity contribution in [3.05, 3.63) is 47.7 Å². The lowest BCUT2D eigenvalue weighted by Crippen LogP contribution is -1.97. The quantitative estimate of drug-likeness (QED) is 0.785. The van der Waals surface area contributed by atoms with Crippen molar-refractivity contribution in [2.24, 2.45) is 5.73 Å². The molecule has 0 aliphatic rings. The molecule has 14 heavy (non-hydrogen) atoms. The molecule has 0 aliphatic heterocycles. The van der Waals surface area contributed by atoms with Gasteiger partial charge < -0.3 is 10.2 Å². The van der Waals surface area contributed by atoms with Crippen LogP contribution in [-0.2, 0) is 6.54 Å². The fourth-order valence-corrected chi connectivity index (χ4v) is 1.52. The summed E-state index contributed by atoms with van der Waals surface area (Å²) in [4.78, 5) is 0. The molecule has 72 valence electrons. The minimum absolute atomic E-state index is 0.538. The third-order valence-electron chi connectivity index (χ3n) is 2.24. The highest BCUT2D eigenvalue weighted by Gasteiger charge is 2.05. The van der Waals surface area contributed by atoms with Crippen molar-refractivity contribution in [2.75, 3.05) is 0 Å². The van der Waals surface area contributed by atoms with E-state index in [2.05, 4.69) is 0 Å². The van der Waals surface area contributed by atoms with Crippen LogP contribution >= 0.6 is 0 Å². The molecule has 2 nitrogen and oxygen atoms in total. The number of hydrogen-bond acceptors (Lipinski definition) is 2. The third kappa shape index (κ3) is 1.56. The maximum atomic E-state index is 5.65. The maximum absolute atomic E-state index is 5.65. The van der Waals surface area contributed by atoms with Gasteiger partial charge in [-0.3, -0.25) is 0 Å². The third-order valence-corrected chi connectivity index (χ3v) is 2.24. The number of nitrogens with two attached hydrogens (primary N) is 1. The largest absolute Gasteiger partial charge is 0.461 e. The molecule has 0 amide bonds. The summed E-state index contributed by atoms with van der Waals surface area (Å²) in [5.74, 6) is 1.82. The summed E-state index contributed by atoms with van der Waals surface area (Å²) in [6.07, 6.45) is 0. The zero-order chi connectivity index (χ0) is 9.97. The molecule has 2 heteroatoms. The van der Waals surface area contributed by atoms with E-state index in [9.17, 15) is 0 Å². The highest BCUT2D eigenvalue weighted by atomic mass is 16.3. The Labute approximate surface area is 83.4 Å². The number of benzene rings is 1. The number of rotatable bonds is 2. The topological polar surface area (TPSA) is 39.2 Å². The van der Waals surface area contributed by atoms with Gasteiger partial charge in [-0.2, -0.15) is 0 Å². The van der Waals surface area contributed by atoms with E-state index in [1.54, 1.807) is 0 Å². The second-order valence-electron chi connectivity index (χ2n) is 3.27. The monoisotopic (exact) mass is 187 g/mol. The van der Waals surface area contributed by atoms with Crippen LogP contribution in [0.2, 0.25) is 0 Å². The van der Waals surface area contributed by atoms with E-state index >= 15 is 0 Å². The normalized spacial score (nSPS) is 10.4. The molecule has 0 unspecified atom stereocenters. The first-order valence-electron chi connectivity index (χ1n) is 4.66. The first-order valence-corrected chi connectivity index (χ1v) is 4.66. The minimum atomic E-state index is 0.538. The molecular weight excluding hydrogens is 174 g/mol. The van der Waals surface area contributed by atoms with Crippen LogP contribution in [0.4, 0.5) is 0 Å². The summed E-state index contributed by atoms with van der Waals surface area (Å²) in [5, 5.41) is 0. The predicted molar refractivity (Wildman–Crippen MR) is 56.8 cm³/mol. The molecule has 2 aromatic rings. The molecule has 1 aromatic heterocycles. The van der Waals surface area contributed by atoms with Crippen LogP contribution in [0.3, 0.4) is 0 Å². The molecule has 0 aliphatic carbocycles. The smallest absolute Gasteiger partial charge is 0.134 e. The summed E-state index contributed by atoms with van der Waals surface area (Å²) in [5.41, 5.74) is 7.85. The van der Waals surface area contributed by atoms with E-state index in [1.807, 2.05) is 43.3 Å². The summed E-state index contributed by atoms with van der Waals surface area (Å²) < 4.78 is 5.56. The second-order valence-corrected chi connectivity index (χ2v) is 3.27. The van der Waals surface area contributed by atoms with Gasteiger partial charge in [0.2, 0.25) is 0 Å². The Hall–Kier alpha value is -1.54. The van der Waals surface area contributed by atoms with Gasteiger partial charge in [0.15, 0.2) is 0 Å². The van der Waals surface area contributed by atoms with E-state index in [0.29, 0.717) is 6.54 Å². The Morgan fingerprint density at radius 2 is 1.93 bits per heavy atom. The van der Waals surface area contributed by atoms with Crippen molar-refractivity contribution in [2.45, 2.75) is 13.5 Å². The standard InChI is InChI=1S/C12H13NO/c1-9-6-7-12(14-9)11-5-3-2-4-10(11)8-13/h2-7H,8,13H2,1H3. The summed E-state index contributed by atoms with van der Waals surface area (Å²) in [7, 11) is 0. The Morgan fingerprint density at radius 1 is 1.14 bits per heavy atom. The number of hydrogen-bond donors (Lipinski definition) is 1. The average Bonchev–Trinajstić information content (AvgIpc) is 2.65. The first kappa shape index (κ1) is 9.03. The van der Waals surface area contributed by atoms with Gasteiger partial charge in [-0.05, 0) is 24.6 Å². The van der Waals surface area contributed by atoms with Crippen LogP contribution in [0.5, 0.6) is 0 Å². The van der Waals surface area contributed by atoms with Crippen LogP contribution in [0, 0.1) is 6.92 Å². The molecule has 2 N–H and O–H groups in total. The SMILES string of the molecule is Cc1ccc(-c2ccccc2CN)o1. The van der Waals surface area contributed by atoms with Crippen molar-refractivity contribution in [1.29, 1.82) is 0 Å². The highest BCUT2D eigenvalue weighted by Crippen LogP contribution is 2.25. The van der Waals surface area contributed by atoms with Gasteiger partial charge in [0.1, 0.15) is 11.5 Å². The first-order chi connectivity index (χ1) is 6.81. The molecule has 0 saturated carbocycles. The Balaban J connectivity index is 2.50. The van der Waals surface area contributed by atoms with Crippen LogP contribution in [0.15, 0.2) is 40.8 Å². The highest BCUT2D eigenvalue weighted by molar-refractivity contribution is 5.62. The summed E-state index contributed by atoms with van der Waals surface area (Å²) in [6.45, 7) is 2.48. The molecule has 0 bridgehead atoms. The van der Waals surface area contributed by atoms with Gasteiger partial charge in [0.05, 0.1) is 0 Å². The van der Waals surface area contributed by atoms with Gasteiger partial charge in [0.25, 0.3) is 0 Å². The molecular formula is C12H13NO. The zero-order valence-corrected chi connectivity index (χ0v) is 8.16. The van der Waals surface area contributed by atoms with Crippen LogP contribution in [-0.4, -0.2) is 0 Å². The fraction of sp³-hybridized carbons (Fsp3) is 0.167. The van der Waals surface area contributed by atoms with Gasteiger partial charge in [-0.1, -0.05) is 24.3 Å². The Kier molecular flexibility index (Phi) is 2.37. The van der Waals surface area contributed by atoms with E-state index in [1.165, 1.54) is 0 Å². The Bertz CT molecular complexity index is 431. The fourth-order valence-electron chi connectivity index (χ4n) is 1.52. The van der Waals surface area contributed by atoms with Gasteiger partial charge in [0, 0.05) is 12.1 Å². The molecule has 1 heterocycles. The van der Waals surface area contributed by atoms with Crippen LogP contribution in [0.25, 0.3) is 11.3 Å². The lowest BCUT2D eigenvalue weighted by molar-refractivity contribution is 0.548. The average molecular weight is 187 g/mol. The minimum Gasteiger partial charge on any atom is -0.461 e. The Morgan fingerprint density at radius 3 is 2.57 bits per heavy atom. The predicted octanol–water partition coefficient (Wildman–Crippen LogP) is 2.71. The number of furan rings is 1. The lowest BCUT2D eigenvalue weighted by Gasteiger charge is -2.03. The van der Waals surface area contributed by atoms with Crippen molar-refractivity contribution >= 4 is 0 Å². The molecule has 0 saturated heterocycles. The maximum Gasteiger partial charge on any atom is 0.134 e. The van der Waals surface area contributed by atoms with Gasteiger partial charge in [-0.25, -0.2) is 0 Å². The molecule has 2 rings (SSSR count). The van der Waals surface area contributed by atoms with Gasteiger partial charge >= 0.3 is 0 Å². The molecule has 0 radical (unpaired) electrons. The molecule has 0 spiro atoms. The molecule has 1 aromatic carbocycles. The van der Waals surface area contributed by atoms with Crippen LogP contribution < -0.4 is 5.73 Å². The van der Waals surface area contributed by atoms with E-state index in [4.69, 9.17) is 10.2 Å². The molecule has 0 fully saturated rings. The lowest BCUT2D eigenvalue weighted by atomic mass is 10.1. The van der Waals surface area contributed by atoms with E-state index < -0.39 is 0 Å². The van der Waals surface area contributed by atoms with Crippen LogP contribution in [0.1, 0.15) is 11.3 Å². The van der Waals surface area contributed by atoms with Crippen molar-refractivity contribution in [1.82, 2.24) is 0 Å². The molecule has 0 atom stereocenters. The summed E-state index contributed by atoms with van der Waals surface area (Å²) in [6, 6.07) is 12.0. The van der Waals surface area contributed by atoms with E-state index in [-0.39, 0.29) is 0 Å². The number of aryl methyl sites for hydroxylation is 1. The zero-order valence-electron chi connectivity index (χ0n) is 8.16.